The lowest BCUT2D eigenvalue weighted by Crippen LogP contribution is -2.35. The highest BCUT2D eigenvalue weighted by Gasteiger charge is 2.22. The minimum Gasteiger partial charge on any atom is -0.493 e. The molecular formula is C20H29NO6. The molecule has 0 fully saturated rings. The summed E-state index contributed by atoms with van der Waals surface area (Å²) in [4.78, 5) is 24.3. The molecule has 0 saturated heterocycles. The van der Waals surface area contributed by atoms with E-state index in [1.807, 2.05) is 6.92 Å². The lowest BCUT2D eigenvalue weighted by atomic mass is 10.0. The van der Waals surface area contributed by atoms with Crippen LogP contribution < -0.4 is 19.5 Å². The summed E-state index contributed by atoms with van der Waals surface area (Å²) in [6, 6.07) is 3.10. The number of fused-ring (bicyclic) bond motifs is 1. The second kappa shape index (κ2) is 10.0. The molecule has 0 aliphatic carbocycles. The Labute approximate surface area is 160 Å². The van der Waals surface area contributed by atoms with Crippen molar-refractivity contribution in [2.24, 2.45) is 5.92 Å². The normalized spacial score (nSPS) is 13.8. The van der Waals surface area contributed by atoms with E-state index in [4.69, 9.17) is 18.9 Å². The molecule has 1 atom stereocenters. The maximum Gasteiger partial charge on any atom is 0.338 e. The summed E-state index contributed by atoms with van der Waals surface area (Å²) < 4.78 is 21.4. The summed E-state index contributed by atoms with van der Waals surface area (Å²) in [5.41, 5.74) is 0.244. The van der Waals surface area contributed by atoms with Gasteiger partial charge in [0.15, 0.2) is 18.1 Å². The van der Waals surface area contributed by atoms with Crippen molar-refractivity contribution in [3.8, 4) is 17.2 Å². The molecule has 150 valence electrons. The Hall–Kier alpha value is -2.44. The SMILES string of the molecule is COc1cc(C(=O)OCC(=O)NC(C)CCCC(C)C)cc2c1OCCO2. The lowest BCUT2D eigenvalue weighted by molar-refractivity contribution is -0.124. The highest BCUT2D eigenvalue weighted by molar-refractivity contribution is 5.92. The van der Waals surface area contributed by atoms with Crippen LogP contribution in [0, 0.1) is 5.92 Å². The van der Waals surface area contributed by atoms with Crippen molar-refractivity contribution in [2.45, 2.75) is 46.1 Å². The number of methoxy groups -OCH3 is 1. The van der Waals surface area contributed by atoms with Crippen LogP contribution in [0.15, 0.2) is 12.1 Å². The third kappa shape index (κ3) is 6.34. The van der Waals surface area contributed by atoms with Crippen LogP contribution in [-0.4, -0.2) is 44.8 Å². The van der Waals surface area contributed by atoms with E-state index in [2.05, 4.69) is 19.2 Å². The Bertz CT molecular complexity index is 641. The molecule has 1 aromatic carbocycles. The van der Waals surface area contributed by atoms with Crippen molar-refractivity contribution in [2.75, 3.05) is 26.9 Å². The molecular weight excluding hydrogens is 350 g/mol. The molecule has 7 nitrogen and oxygen atoms in total. The molecule has 7 heteroatoms. The average molecular weight is 379 g/mol. The lowest BCUT2D eigenvalue weighted by Gasteiger charge is -2.21. The zero-order chi connectivity index (χ0) is 19.8. The monoisotopic (exact) mass is 379 g/mol. The number of nitrogens with one attached hydrogen (secondary N) is 1. The van der Waals surface area contributed by atoms with Gasteiger partial charge in [-0.2, -0.15) is 0 Å². The number of rotatable bonds is 9. The Morgan fingerprint density at radius 2 is 1.89 bits per heavy atom. The first kappa shape index (κ1) is 20.9. The maximum absolute atomic E-state index is 12.3. The second-order valence-corrected chi connectivity index (χ2v) is 7.07. The average Bonchev–Trinajstić information content (AvgIpc) is 2.64. The fraction of sp³-hybridized carbons (Fsp3) is 0.600. The third-order valence-corrected chi connectivity index (χ3v) is 4.22. The summed E-state index contributed by atoms with van der Waals surface area (Å²) in [5, 5.41) is 2.85. The number of hydrogen-bond donors (Lipinski definition) is 1. The Morgan fingerprint density at radius 3 is 2.59 bits per heavy atom. The van der Waals surface area contributed by atoms with E-state index in [1.165, 1.54) is 19.2 Å². The summed E-state index contributed by atoms with van der Waals surface area (Å²) in [6.07, 6.45) is 3.08. The Balaban J connectivity index is 1.85. The minimum atomic E-state index is -0.618. The molecule has 27 heavy (non-hydrogen) atoms. The summed E-state index contributed by atoms with van der Waals surface area (Å²) in [5.74, 6) is 1.00. The van der Waals surface area contributed by atoms with E-state index in [9.17, 15) is 9.59 Å². The quantitative estimate of drug-likeness (QED) is 0.664. The summed E-state index contributed by atoms with van der Waals surface area (Å²) in [7, 11) is 1.48. The summed E-state index contributed by atoms with van der Waals surface area (Å²) >= 11 is 0. The van der Waals surface area contributed by atoms with Crippen molar-refractivity contribution in [3.63, 3.8) is 0 Å². The number of benzene rings is 1. The fourth-order valence-electron chi connectivity index (χ4n) is 2.83. The maximum atomic E-state index is 12.3. The number of carbonyl (C=O) groups excluding carboxylic acids is 2. The van der Waals surface area contributed by atoms with Gasteiger partial charge in [0, 0.05) is 6.04 Å². The van der Waals surface area contributed by atoms with E-state index in [1.54, 1.807) is 0 Å². The van der Waals surface area contributed by atoms with Crippen molar-refractivity contribution >= 4 is 11.9 Å². The first-order valence-electron chi connectivity index (χ1n) is 9.34. The second-order valence-electron chi connectivity index (χ2n) is 7.07. The van der Waals surface area contributed by atoms with Crippen LogP contribution >= 0.6 is 0 Å². The van der Waals surface area contributed by atoms with Crippen molar-refractivity contribution in [3.05, 3.63) is 17.7 Å². The first-order valence-corrected chi connectivity index (χ1v) is 9.34. The predicted octanol–water partition coefficient (Wildman–Crippen LogP) is 2.95. The van der Waals surface area contributed by atoms with Gasteiger partial charge in [0.2, 0.25) is 5.75 Å². The zero-order valence-electron chi connectivity index (χ0n) is 16.5. The topological polar surface area (TPSA) is 83.1 Å². The fourth-order valence-corrected chi connectivity index (χ4v) is 2.83. The Morgan fingerprint density at radius 1 is 1.15 bits per heavy atom. The Kier molecular flexibility index (Phi) is 7.76. The van der Waals surface area contributed by atoms with Gasteiger partial charge in [0.05, 0.1) is 12.7 Å². The molecule has 0 saturated carbocycles. The van der Waals surface area contributed by atoms with E-state index < -0.39 is 5.97 Å². The molecule has 1 N–H and O–H groups in total. The zero-order valence-corrected chi connectivity index (χ0v) is 16.5. The highest BCUT2D eigenvalue weighted by Crippen LogP contribution is 2.40. The smallest absolute Gasteiger partial charge is 0.338 e. The first-order chi connectivity index (χ1) is 12.9. The van der Waals surface area contributed by atoms with Crippen LogP contribution in [0.4, 0.5) is 0 Å². The van der Waals surface area contributed by atoms with Crippen molar-refractivity contribution in [1.82, 2.24) is 5.32 Å². The van der Waals surface area contributed by atoms with Gasteiger partial charge < -0.3 is 24.3 Å². The largest absolute Gasteiger partial charge is 0.493 e. The van der Waals surface area contributed by atoms with Crippen LogP contribution in [0.3, 0.4) is 0 Å². The van der Waals surface area contributed by atoms with Gasteiger partial charge in [-0.3, -0.25) is 4.79 Å². The van der Waals surface area contributed by atoms with Gasteiger partial charge in [-0.25, -0.2) is 4.79 Å². The van der Waals surface area contributed by atoms with E-state index in [-0.39, 0.29) is 24.1 Å². The van der Waals surface area contributed by atoms with Crippen molar-refractivity contribution in [1.29, 1.82) is 0 Å². The van der Waals surface area contributed by atoms with Gasteiger partial charge in [0.25, 0.3) is 5.91 Å². The molecule has 1 unspecified atom stereocenters. The molecule has 0 radical (unpaired) electrons. The number of hydrogen-bond acceptors (Lipinski definition) is 6. The third-order valence-electron chi connectivity index (χ3n) is 4.22. The molecule has 1 aromatic rings. The van der Waals surface area contributed by atoms with Gasteiger partial charge in [0.1, 0.15) is 13.2 Å². The molecule has 1 amide bonds. The van der Waals surface area contributed by atoms with Gasteiger partial charge in [-0.05, 0) is 31.4 Å². The summed E-state index contributed by atoms with van der Waals surface area (Å²) in [6.45, 7) is 6.79. The van der Waals surface area contributed by atoms with Gasteiger partial charge in [-0.15, -0.1) is 0 Å². The molecule has 0 spiro atoms. The molecule has 1 heterocycles. The molecule has 1 aliphatic rings. The van der Waals surface area contributed by atoms with Gasteiger partial charge >= 0.3 is 5.97 Å². The van der Waals surface area contributed by atoms with E-state index >= 15 is 0 Å². The van der Waals surface area contributed by atoms with Gasteiger partial charge in [-0.1, -0.05) is 26.7 Å². The van der Waals surface area contributed by atoms with Crippen LogP contribution in [0.5, 0.6) is 17.2 Å². The van der Waals surface area contributed by atoms with Crippen molar-refractivity contribution < 1.29 is 28.5 Å². The molecule has 0 bridgehead atoms. The van der Waals surface area contributed by atoms with Crippen LogP contribution in [0.2, 0.25) is 0 Å². The number of carbonyl (C=O) groups is 2. The highest BCUT2D eigenvalue weighted by atomic mass is 16.6. The number of esters is 1. The van der Waals surface area contributed by atoms with Crippen LogP contribution in [0.25, 0.3) is 0 Å². The van der Waals surface area contributed by atoms with E-state index in [0.29, 0.717) is 36.4 Å². The molecule has 2 rings (SSSR count). The number of ether oxygens (including phenoxy) is 4. The molecule has 0 aromatic heterocycles. The standard InChI is InChI=1S/C20H29NO6/c1-13(2)6-5-7-14(3)21-18(22)12-27-20(23)15-10-16(24-4)19-17(11-15)25-8-9-26-19/h10-11,13-14H,5-9,12H2,1-4H3,(H,21,22). The minimum absolute atomic E-state index is 0.0457. The van der Waals surface area contributed by atoms with Crippen LogP contribution in [0.1, 0.15) is 50.4 Å². The van der Waals surface area contributed by atoms with E-state index in [0.717, 1.165) is 19.3 Å². The number of amides is 1. The molecule has 1 aliphatic heterocycles. The predicted molar refractivity (Wildman–Crippen MR) is 101 cm³/mol. The van der Waals surface area contributed by atoms with Crippen LogP contribution in [-0.2, 0) is 9.53 Å².